The number of likely N-dealkylation sites (tertiary alicyclic amines) is 1. The molecule has 6 nitrogen and oxygen atoms in total. The number of carbonyl (C=O) groups excluding carboxylic acids is 2. The smallest absolute Gasteiger partial charge is 0.246 e. The highest BCUT2D eigenvalue weighted by Crippen LogP contribution is 2.36. The first-order valence-electron chi connectivity index (χ1n) is 14.8. The summed E-state index contributed by atoms with van der Waals surface area (Å²) < 4.78 is 5.92. The Labute approximate surface area is 238 Å². The monoisotopic (exact) mass is 551 g/mol. The quantitative estimate of drug-likeness (QED) is 0.383. The van der Waals surface area contributed by atoms with Crippen LogP contribution in [-0.2, 0) is 16.1 Å². The first-order chi connectivity index (χ1) is 19.0. The minimum atomic E-state index is -0.706. The Morgan fingerprint density at radius 2 is 1.59 bits per heavy atom. The molecule has 3 fully saturated rings. The van der Waals surface area contributed by atoms with E-state index in [0.717, 1.165) is 50.4 Å². The molecule has 1 spiro atoms. The van der Waals surface area contributed by atoms with Crippen molar-refractivity contribution in [2.45, 2.75) is 89.3 Å². The van der Waals surface area contributed by atoms with Gasteiger partial charge in [0.05, 0.1) is 0 Å². The van der Waals surface area contributed by atoms with Gasteiger partial charge in [-0.3, -0.25) is 14.5 Å². The van der Waals surface area contributed by atoms with Gasteiger partial charge in [0.15, 0.2) is 0 Å². The summed E-state index contributed by atoms with van der Waals surface area (Å²) in [6.07, 6.45) is 10.3. The van der Waals surface area contributed by atoms with Crippen molar-refractivity contribution in [2.75, 3.05) is 19.6 Å². The fourth-order valence-corrected chi connectivity index (χ4v) is 6.70. The van der Waals surface area contributed by atoms with Gasteiger partial charge in [0, 0.05) is 31.2 Å². The Balaban J connectivity index is 1.19. The molecule has 3 aliphatic rings. The van der Waals surface area contributed by atoms with Crippen molar-refractivity contribution in [3.8, 4) is 11.5 Å². The molecular weight excluding hydrogens is 510 g/mol. The normalized spacial score (nSPS) is 22.2. The number of piperazine rings is 1. The molecular formula is C32H42ClN3O3. The first-order valence-corrected chi connectivity index (χ1v) is 15.2. The van der Waals surface area contributed by atoms with Crippen molar-refractivity contribution in [3.05, 3.63) is 59.1 Å². The van der Waals surface area contributed by atoms with Gasteiger partial charge in [0.25, 0.3) is 0 Å². The molecule has 7 heteroatoms. The van der Waals surface area contributed by atoms with Crippen LogP contribution in [0.3, 0.4) is 0 Å². The zero-order chi connectivity index (χ0) is 27.2. The van der Waals surface area contributed by atoms with Crippen LogP contribution in [0.15, 0.2) is 48.5 Å². The first kappa shape index (κ1) is 28.0. The van der Waals surface area contributed by atoms with Gasteiger partial charge in [-0.05, 0) is 73.6 Å². The van der Waals surface area contributed by atoms with E-state index in [1.165, 1.54) is 37.7 Å². The summed E-state index contributed by atoms with van der Waals surface area (Å²) in [5.74, 6) is 2.31. The maximum atomic E-state index is 13.8. The van der Waals surface area contributed by atoms with Gasteiger partial charge in [0.1, 0.15) is 23.1 Å². The lowest BCUT2D eigenvalue weighted by Crippen LogP contribution is -2.73. The van der Waals surface area contributed by atoms with E-state index in [1.807, 2.05) is 41.3 Å². The summed E-state index contributed by atoms with van der Waals surface area (Å²) in [5, 5.41) is 3.89. The SMILES string of the molecule is CCCCN1C(=O)C(CC2CCCCC2)NC(=O)C12CCN(Cc1ccc(Oc3ccc(Cl)cc3)cc1)CC2. The zero-order valence-electron chi connectivity index (χ0n) is 23.2. The third-order valence-corrected chi connectivity index (χ3v) is 9.15. The van der Waals surface area contributed by atoms with Crippen LogP contribution >= 0.6 is 11.6 Å². The van der Waals surface area contributed by atoms with E-state index in [0.29, 0.717) is 30.3 Å². The van der Waals surface area contributed by atoms with E-state index in [4.69, 9.17) is 16.3 Å². The fraction of sp³-hybridized carbons (Fsp3) is 0.562. The molecule has 0 radical (unpaired) electrons. The molecule has 2 aromatic carbocycles. The van der Waals surface area contributed by atoms with Gasteiger partial charge in [-0.2, -0.15) is 0 Å². The molecule has 210 valence electrons. The Hall–Kier alpha value is -2.57. The average molecular weight is 552 g/mol. The Bertz CT molecular complexity index is 1110. The highest BCUT2D eigenvalue weighted by Gasteiger charge is 2.53. The van der Waals surface area contributed by atoms with Gasteiger partial charge in [-0.15, -0.1) is 0 Å². The number of benzene rings is 2. The predicted molar refractivity (Wildman–Crippen MR) is 155 cm³/mol. The molecule has 1 aliphatic carbocycles. The second-order valence-corrected chi connectivity index (χ2v) is 12.1. The summed E-state index contributed by atoms with van der Waals surface area (Å²) in [6.45, 7) is 5.22. The lowest BCUT2D eigenvalue weighted by atomic mass is 9.79. The van der Waals surface area contributed by atoms with Crippen molar-refractivity contribution in [3.63, 3.8) is 0 Å². The number of amides is 2. The van der Waals surface area contributed by atoms with E-state index < -0.39 is 5.54 Å². The fourth-order valence-electron chi connectivity index (χ4n) is 6.57. The number of halogens is 1. The van der Waals surface area contributed by atoms with Gasteiger partial charge < -0.3 is 15.0 Å². The van der Waals surface area contributed by atoms with Crippen molar-refractivity contribution in [2.24, 2.45) is 5.92 Å². The lowest BCUT2D eigenvalue weighted by molar-refractivity contribution is -0.162. The van der Waals surface area contributed by atoms with E-state index in [9.17, 15) is 9.59 Å². The molecule has 2 heterocycles. The van der Waals surface area contributed by atoms with Crippen LogP contribution in [0.5, 0.6) is 11.5 Å². The minimum Gasteiger partial charge on any atom is -0.457 e. The lowest BCUT2D eigenvalue weighted by Gasteiger charge is -2.52. The van der Waals surface area contributed by atoms with Gasteiger partial charge in [-0.25, -0.2) is 0 Å². The van der Waals surface area contributed by atoms with Crippen molar-refractivity contribution in [1.29, 1.82) is 0 Å². The number of hydrogen-bond donors (Lipinski definition) is 1. The number of nitrogens with zero attached hydrogens (tertiary/aromatic N) is 2. The Kier molecular flexibility index (Phi) is 9.13. The van der Waals surface area contributed by atoms with E-state index >= 15 is 0 Å². The number of carbonyl (C=O) groups is 2. The number of piperidine rings is 1. The molecule has 1 saturated carbocycles. The molecule has 1 atom stereocenters. The number of rotatable bonds is 9. The molecule has 1 N–H and O–H groups in total. The third-order valence-electron chi connectivity index (χ3n) is 8.90. The maximum Gasteiger partial charge on any atom is 0.246 e. The molecule has 2 aliphatic heterocycles. The van der Waals surface area contributed by atoms with Crippen LogP contribution in [0.4, 0.5) is 0 Å². The van der Waals surface area contributed by atoms with Crippen LogP contribution in [0, 0.1) is 5.92 Å². The second kappa shape index (κ2) is 12.7. The second-order valence-electron chi connectivity index (χ2n) is 11.6. The Morgan fingerprint density at radius 3 is 2.23 bits per heavy atom. The Morgan fingerprint density at radius 1 is 0.949 bits per heavy atom. The van der Waals surface area contributed by atoms with E-state index in [-0.39, 0.29) is 17.9 Å². The number of unbranched alkanes of at least 4 members (excludes halogenated alkanes) is 1. The van der Waals surface area contributed by atoms with Crippen LogP contribution in [-0.4, -0.2) is 52.8 Å². The highest BCUT2D eigenvalue weighted by atomic mass is 35.5. The van der Waals surface area contributed by atoms with Crippen LogP contribution in [0.2, 0.25) is 5.02 Å². The van der Waals surface area contributed by atoms with E-state index in [2.05, 4.69) is 29.3 Å². The molecule has 2 saturated heterocycles. The van der Waals surface area contributed by atoms with Crippen molar-refractivity contribution in [1.82, 2.24) is 15.1 Å². The van der Waals surface area contributed by atoms with Gasteiger partial charge in [-0.1, -0.05) is 69.2 Å². The van der Waals surface area contributed by atoms with Gasteiger partial charge in [0.2, 0.25) is 11.8 Å². The molecule has 0 bridgehead atoms. The van der Waals surface area contributed by atoms with Crippen LogP contribution in [0.1, 0.15) is 76.7 Å². The predicted octanol–water partition coefficient (Wildman–Crippen LogP) is 6.56. The largest absolute Gasteiger partial charge is 0.457 e. The summed E-state index contributed by atoms with van der Waals surface area (Å²) in [6, 6.07) is 15.1. The van der Waals surface area contributed by atoms with Crippen LogP contribution < -0.4 is 10.1 Å². The molecule has 5 rings (SSSR count). The third kappa shape index (κ3) is 6.60. The summed E-state index contributed by atoms with van der Waals surface area (Å²) in [5.41, 5.74) is 0.496. The molecule has 2 aromatic rings. The number of ether oxygens (including phenoxy) is 1. The van der Waals surface area contributed by atoms with Crippen molar-refractivity contribution >= 4 is 23.4 Å². The minimum absolute atomic E-state index is 0.0716. The highest BCUT2D eigenvalue weighted by molar-refractivity contribution is 6.30. The average Bonchev–Trinajstić information content (AvgIpc) is 2.96. The van der Waals surface area contributed by atoms with Crippen molar-refractivity contribution < 1.29 is 14.3 Å². The zero-order valence-corrected chi connectivity index (χ0v) is 23.9. The van der Waals surface area contributed by atoms with E-state index in [1.54, 1.807) is 0 Å². The summed E-state index contributed by atoms with van der Waals surface area (Å²) in [7, 11) is 0. The van der Waals surface area contributed by atoms with Gasteiger partial charge >= 0.3 is 0 Å². The van der Waals surface area contributed by atoms with Crippen LogP contribution in [0.25, 0.3) is 0 Å². The topological polar surface area (TPSA) is 61.9 Å². The molecule has 1 unspecified atom stereocenters. The maximum absolute atomic E-state index is 13.8. The molecule has 2 amide bonds. The number of nitrogens with one attached hydrogen (secondary N) is 1. The summed E-state index contributed by atoms with van der Waals surface area (Å²) >= 11 is 5.96. The molecule has 0 aromatic heterocycles. The summed E-state index contributed by atoms with van der Waals surface area (Å²) in [4.78, 5) is 31.8. The molecule has 39 heavy (non-hydrogen) atoms. The standard InChI is InChI=1S/C32H42ClN3O3/c1-2-3-19-36-30(37)29(22-24-7-5-4-6-8-24)34-31(38)32(36)17-20-35(21-18-32)23-25-9-13-27(14-10-25)39-28-15-11-26(33)12-16-28/h9-16,24,29H,2-8,17-23H2,1H3,(H,34,38). The number of hydrogen-bond acceptors (Lipinski definition) is 4.